The van der Waals surface area contributed by atoms with E-state index in [9.17, 15) is 0 Å². The van der Waals surface area contributed by atoms with E-state index in [0.717, 1.165) is 51.9 Å². The maximum Gasteiger partial charge on any atom is 0.0594 e. The van der Waals surface area contributed by atoms with Gasteiger partial charge in [0.25, 0.3) is 0 Å². The van der Waals surface area contributed by atoms with Crippen molar-refractivity contribution in [2.75, 3.05) is 53.0 Å². The molecule has 0 aromatic carbocycles. The van der Waals surface area contributed by atoms with Crippen molar-refractivity contribution in [3.8, 4) is 0 Å². The van der Waals surface area contributed by atoms with Crippen molar-refractivity contribution in [2.24, 2.45) is 11.7 Å². The van der Waals surface area contributed by atoms with Crippen molar-refractivity contribution in [3.63, 3.8) is 0 Å². The molecular weight excluding hydrogens is 238 g/mol. The van der Waals surface area contributed by atoms with E-state index in [2.05, 4.69) is 23.8 Å². The average molecular weight is 269 g/mol. The molecule has 0 aromatic heterocycles. The lowest BCUT2D eigenvalue weighted by Gasteiger charge is -2.46. The molecule has 2 rings (SSSR count). The van der Waals surface area contributed by atoms with E-state index in [4.69, 9.17) is 10.5 Å². The summed E-state index contributed by atoms with van der Waals surface area (Å²) in [4.78, 5) is 5.05. The van der Waals surface area contributed by atoms with E-state index in [1.54, 1.807) is 0 Å². The van der Waals surface area contributed by atoms with Gasteiger partial charge in [-0.1, -0.05) is 19.8 Å². The van der Waals surface area contributed by atoms with Crippen LogP contribution >= 0.6 is 0 Å². The summed E-state index contributed by atoms with van der Waals surface area (Å²) < 4.78 is 5.40. The predicted molar refractivity (Wildman–Crippen MR) is 79.3 cm³/mol. The van der Waals surface area contributed by atoms with Gasteiger partial charge in [0.15, 0.2) is 0 Å². The minimum absolute atomic E-state index is 0.254. The zero-order chi connectivity index (χ0) is 13.7. The summed E-state index contributed by atoms with van der Waals surface area (Å²) in [6.45, 7) is 9.40. The maximum atomic E-state index is 6.13. The van der Waals surface area contributed by atoms with Gasteiger partial charge in [-0.05, 0) is 25.8 Å². The Kier molecular flexibility index (Phi) is 5.63. The van der Waals surface area contributed by atoms with Gasteiger partial charge in [-0.3, -0.25) is 9.80 Å². The van der Waals surface area contributed by atoms with E-state index >= 15 is 0 Å². The topological polar surface area (TPSA) is 41.7 Å². The second kappa shape index (κ2) is 7.02. The Labute approximate surface area is 118 Å². The summed E-state index contributed by atoms with van der Waals surface area (Å²) in [5.74, 6) is 0.822. The highest BCUT2D eigenvalue weighted by atomic mass is 16.5. The summed E-state index contributed by atoms with van der Waals surface area (Å²) in [5, 5.41) is 0. The van der Waals surface area contributed by atoms with Crippen LogP contribution in [0.2, 0.25) is 0 Å². The van der Waals surface area contributed by atoms with Gasteiger partial charge in [-0.15, -0.1) is 0 Å². The first-order valence-corrected chi connectivity index (χ1v) is 7.88. The van der Waals surface area contributed by atoms with Crippen LogP contribution in [0.1, 0.15) is 32.6 Å². The van der Waals surface area contributed by atoms with Crippen molar-refractivity contribution in [1.29, 1.82) is 0 Å². The van der Waals surface area contributed by atoms with Crippen LogP contribution in [-0.4, -0.2) is 68.3 Å². The number of nitrogens with two attached hydrogens (primary N) is 1. The van der Waals surface area contributed by atoms with Crippen LogP contribution in [0.25, 0.3) is 0 Å². The van der Waals surface area contributed by atoms with Crippen molar-refractivity contribution in [1.82, 2.24) is 9.80 Å². The molecule has 2 unspecified atom stereocenters. The Morgan fingerprint density at radius 3 is 2.74 bits per heavy atom. The summed E-state index contributed by atoms with van der Waals surface area (Å²) in [6.07, 6.45) is 5.25. The average Bonchev–Trinajstić information content (AvgIpc) is 2.45. The zero-order valence-corrected chi connectivity index (χ0v) is 12.7. The Bertz CT molecular complexity index is 268. The molecule has 1 saturated carbocycles. The number of hydrogen-bond donors (Lipinski definition) is 1. The molecule has 1 aliphatic carbocycles. The van der Waals surface area contributed by atoms with Crippen LogP contribution in [0, 0.1) is 5.92 Å². The molecule has 1 heterocycles. The highest BCUT2D eigenvalue weighted by Crippen LogP contribution is 2.35. The predicted octanol–water partition coefficient (Wildman–Crippen LogP) is 1.16. The second-order valence-electron chi connectivity index (χ2n) is 6.51. The van der Waals surface area contributed by atoms with Crippen LogP contribution in [0.15, 0.2) is 0 Å². The first-order valence-electron chi connectivity index (χ1n) is 7.88. The summed E-state index contributed by atoms with van der Waals surface area (Å²) >= 11 is 0. The lowest BCUT2D eigenvalue weighted by atomic mass is 9.75. The first kappa shape index (κ1) is 15.2. The normalized spacial score (nSPS) is 33.8. The zero-order valence-electron chi connectivity index (χ0n) is 12.7. The van der Waals surface area contributed by atoms with E-state index < -0.39 is 0 Å². The van der Waals surface area contributed by atoms with Crippen LogP contribution in [-0.2, 0) is 4.74 Å². The second-order valence-corrected chi connectivity index (χ2v) is 6.51. The smallest absolute Gasteiger partial charge is 0.0594 e. The lowest BCUT2D eigenvalue weighted by molar-refractivity contribution is 0.0170. The molecule has 19 heavy (non-hydrogen) atoms. The highest BCUT2D eigenvalue weighted by molar-refractivity contribution is 4.95. The van der Waals surface area contributed by atoms with Crippen molar-refractivity contribution in [2.45, 2.75) is 38.1 Å². The van der Waals surface area contributed by atoms with Crippen LogP contribution in [0.4, 0.5) is 0 Å². The molecule has 2 N–H and O–H groups in total. The molecule has 4 heteroatoms. The van der Waals surface area contributed by atoms with Crippen molar-refractivity contribution in [3.05, 3.63) is 0 Å². The molecule has 1 aliphatic heterocycles. The van der Waals surface area contributed by atoms with Gasteiger partial charge in [-0.2, -0.15) is 0 Å². The van der Waals surface area contributed by atoms with Gasteiger partial charge >= 0.3 is 0 Å². The number of likely N-dealkylation sites (N-methyl/N-ethyl adjacent to an activating group) is 1. The van der Waals surface area contributed by atoms with Crippen LogP contribution in [0.5, 0.6) is 0 Å². The summed E-state index contributed by atoms with van der Waals surface area (Å²) in [5.41, 5.74) is 6.39. The SMILES string of the molecule is CC1CCCC(CN)(N(C)CCN2CCOCC2)C1. The van der Waals surface area contributed by atoms with Gasteiger partial charge in [0.1, 0.15) is 0 Å². The van der Waals surface area contributed by atoms with Gasteiger partial charge in [0, 0.05) is 38.3 Å². The Balaban J connectivity index is 1.83. The molecule has 2 atom stereocenters. The van der Waals surface area contributed by atoms with Crippen LogP contribution in [0.3, 0.4) is 0 Å². The third kappa shape index (κ3) is 3.91. The molecule has 0 spiro atoms. The molecule has 0 amide bonds. The van der Waals surface area contributed by atoms with Crippen LogP contribution < -0.4 is 5.73 Å². The fraction of sp³-hybridized carbons (Fsp3) is 1.00. The third-order valence-electron chi connectivity index (χ3n) is 5.11. The fourth-order valence-electron chi connectivity index (χ4n) is 3.67. The van der Waals surface area contributed by atoms with Crippen molar-refractivity contribution >= 4 is 0 Å². The maximum absolute atomic E-state index is 6.13. The molecule has 0 radical (unpaired) electrons. The molecular formula is C15H31N3O. The molecule has 2 aliphatic rings. The largest absolute Gasteiger partial charge is 0.379 e. The van der Waals surface area contributed by atoms with Crippen molar-refractivity contribution < 1.29 is 4.74 Å². The molecule has 112 valence electrons. The quantitative estimate of drug-likeness (QED) is 0.813. The fourth-order valence-corrected chi connectivity index (χ4v) is 3.67. The molecule has 4 nitrogen and oxygen atoms in total. The first-order chi connectivity index (χ1) is 9.16. The van der Waals surface area contributed by atoms with E-state index in [0.29, 0.717) is 0 Å². The number of nitrogens with zero attached hydrogens (tertiary/aromatic N) is 2. The summed E-state index contributed by atoms with van der Waals surface area (Å²) in [7, 11) is 2.27. The standard InChI is InChI=1S/C15H31N3O/c1-14-4-3-5-15(12-14,13-16)17(2)6-7-18-8-10-19-11-9-18/h14H,3-13,16H2,1-2H3. The van der Waals surface area contributed by atoms with E-state index in [1.165, 1.54) is 25.7 Å². The molecule has 0 aromatic rings. The molecule has 2 fully saturated rings. The van der Waals surface area contributed by atoms with Gasteiger partial charge in [-0.25, -0.2) is 0 Å². The number of morpholine rings is 1. The minimum atomic E-state index is 0.254. The Morgan fingerprint density at radius 1 is 1.37 bits per heavy atom. The number of rotatable bonds is 5. The Morgan fingerprint density at radius 2 is 2.11 bits per heavy atom. The van der Waals surface area contributed by atoms with E-state index in [-0.39, 0.29) is 5.54 Å². The minimum Gasteiger partial charge on any atom is -0.379 e. The monoisotopic (exact) mass is 269 g/mol. The van der Waals surface area contributed by atoms with E-state index in [1.807, 2.05) is 0 Å². The summed E-state index contributed by atoms with van der Waals surface area (Å²) in [6, 6.07) is 0. The third-order valence-corrected chi connectivity index (χ3v) is 5.11. The number of ether oxygens (including phenoxy) is 1. The Hall–Kier alpha value is -0.160. The highest BCUT2D eigenvalue weighted by Gasteiger charge is 2.37. The van der Waals surface area contributed by atoms with Gasteiger partial charge < -0.3 is 10.5 Å². The molecule has 1 saturated heterocycles. The lowest BCUT2D eigenvalue weighted by Crippen LogP contribution is -2.56. The van der Waals surface area contributed by atoms with Gasteiger partial charge in [0.05, 0.1) is 13.2 Å². The number of hydrogen-bond acceptors (Lipinski definition) is 4. The molecule has 0 bridgehead atoms. The van der Waals surface area contributed by atoms with Gasteiger partial charge in [0.2, 0.25) is 0 Å².